The number of aliphatic hydroxyl groups excluding tert-OH is 1. The van der Waals surface area contributed by atoms with Crippen molar-refractivity contribution in [3.05, 3.63) is 0 Å². The number of aliphatic hydroxyl groups is 1. The number of unbranched alkanes of at least 4 members (excludes halogenated alkanes) is 20. The van der Waals surface area contributed by atoms with E-state index in [4.69, 9.17) is 5.11 Å². The van der Waals surface area contributed by atoms with Crippen LogP contribution in [0.25, 0.3) is 0 Å². The van der Waals surface area contributed by atoms with Crippen LogP contribution in [0.3, 0.4) is 0 Å². The molecular weight excluding hydrogens is 352 g/mol. The Labute approximate surface area is 185 Å². The summed E-state index contributed by atoms with van der Waals surface area (Å²) in [7, 11) is 0. The standard InChI is InChI=1S/C28H58O/c1-3-4-5-6-7-16-19-22-25-28(2)26-23-20-17-14-12-10-8-9-11-13-15-18-21-24-27-29/h28-29H,3-27H2,1-2H3. The molecule has 0 aromatic heterocycles. The van der Waals surface area contributed by atoms with Crippen molar-refractivity contribution in [1.29, 1.82) is 0 Å². The molecule has 0 aliphatic rings. The van der Waals surface area contributed by atoms with E-state index in [-0.39, 0.29) is 0 Å². The van der Waals surface area contributed by atoms with Gasteiger partial charge in [0.1, 0.15) is 0 Å². The van der Waals surface area contributed by atoms with Crippen molar-refractivity contribution in [2.24, 2.45) is 5.92 Å². The lowest BCUT2D eigenvalue weighted by atomic mass is 9.95. The summed E-state index contributed by atoms with van der Waals surface area (Å²) in [4.78, 5) is 0. The lowest BCUT2D eigenvalue weighted by molar-refractivity contribution is 0.282. The Morgan fingerprint density at radius 3 is 1.00 bits per heavy atom. The van der Waals surface area contributed by atoms with Gasteiger partial charge in [-0.25, -0.2) is 0 Å². The lowest BCUT2D eigenvalue weighted by Gasteiger charge is -2.11. The second-order valence-electron chi connectivity index (χ2n) is 9.83. The van der Waals surface area contributed by atoms with Gasteiger partial charge in [0.2, 0.25) is 0 Å². The molecule has 1 unspecified atom stereocenters. The molecule has 176 valence electrons. The molecule has 0 amide bonds. The SMILES string of the molecule is CCCCCCCCCCC(C)CCCCCCCCCCCCCCCCO. The van der Waals surface area contributed by atoms with Crippen LogP contribution in [-0.4, -0.2) is 11.7 Å². The van der Waals surface area contributed by atoms with Crippen molar-refractivity contribution < 1.29 is 5.11 Å². The molecule has 29 heavy (non-hydrogen) atoms. The Hall–Kier alpha value is -0.0400. The van der Waals surface area contributed by atoms with Gasteiger partial charge in [-0.1, -0.05) is 162 Å². The van der Waals surface area contributed by atoms with Crippen molar-refractivity contribution in [1.82, 2.24) is 0 Å². The molecule has 0 spiro atoms. The molecule has 1 N–H and O–H groups in total. The predicted octanol–water partition coefficient (Wildman–Crippen LogP) is 10.00. The van der Waals surface area contributed by atoms with E-state index in [9.17, 15) is 0 Å². The minimum Gasteiger partial charge on any atom is -0.396 e. The molecule has 0 aliphatic carbocycles. The quantitative estimate of drug-likeness (QED) is 0.148. The zero-order valence-corrected chi connectivity index (χ0v) is 20.7. The Balaban J connectivity index is 3.11. The van der Waals surface area contributed by atoms with Gasteiger partial charge in [0.25, 0.3) is 0 Å². The van der Waals surface area contributed by atoms with Crippen molar-refractivity contribution in [2.75, 3.05) is 6.61 Å². The van der Waals surface area contributed by atoms with E-state index in [2.05, 4.69) is 13.8 Å². The van der Waals surface area contributed by atoms with E-state index in [1.54, 1.807) is 0 Å². The summed E-state index contributed by atoms with van der Waals surface area (Å²) in [5, 5.41) is 8.76. The molecule has 0 fully saturated rings. The fourth-order valence-corrected chi connectivity index (χ4v) is 4.50. The van der Waals surface area contributed by atoms with Crippen LogP contribution >= 0.6 is 0 Å². The minimum absolute atomic E-state index is 0.373. The number of hydrogen-bond acceptors (Lipinski definition) is 1. The Kier molecular flexibility index (Phi) is 26.0. The fraction of sp³-hybridized carbons (Fsp3) is 1.00. The number of rotatable bonds is 25. The summed E-state index contributed by atoms with van der Waals surface area (Å²) < 4.78 is 0. The van der Waals surface area contributed by atoms with Crippen LogP contribution < -0.4 is 0 Å². The first-order valence-electron chi connectivity index (χ1n) is 13.9. The maximum Gasteiger partial charge on any atom is 0.0431 e. The molecular formula is C28H58O. The van der Waals surface area contributed by atoms with Crippen molar-refractivity contribution >= 4 is 0 Å². The van der Waals surface area contributed by atoms with Crippen LogP contribution in [0.1, 0.15) is 168 Å². The Bertz CT molecular complexity index is 275. The average Bonchev–Trinajstić information content (AvgIpc) is 2.72. The maximum absolute atomic E-state index is 8.76. The highest BCUT2D eigenvalue weighted by atomic mass is 16.2. The van der Waals surface area contributed by atoms with E-state index in [0.29, 0.717) is 6.61 Å². The molecule has 0 bridgehead atoms. The second kappa shape index (κ2) is 26.0. The van der Waals surface area contributed by atoms with Crippen LogP contribution in [0.4, 0.5) is 0 Å². The molecule has 0 heterocycles. The molecule has 0 saturated carbocycles. The summed E-state index contributed by atoms with van der Waals surface area (Å²) in [6.45, 7) is 5.15. The van der Waals surface area contributed by atoms with Crippen LogP contribution in [-0.2, 0) is 0 Å². The highest BCUT2D eigenvalue weighted by Crippen LogP contribution is 2.19. The summed E-state index contributed by atoms with van der Waals surface area (Å²) in [6, 6.07) is 0. The molecule has 1 atom stereocenters. The molecule has 0 aromatic rings. The zero-order chi connectivity index (χ0) is 21.3. The fourth-order valence-electron chi connectivity index (χ4n) is 4.50. The first kappa shape index (κ1) is 29.0. The van der Waals surface area contributed by atoms with E-state index in [0.717, 1.165) is 12.3 Å². The normalized spacial score (nSPS) is 12.5. The molecule has 0 radical (unpaired) electrons. The number of hydrogen-bond donors (Lipinski definition) is 1. The third-order valence-corrected chi connectivity index (χ3v) is 6.66. The molecule has 1 heteroatoms. The van der Waals surface area contributed by atoms with Gasteiger partial charge < -0.3 is 5.11 Å². The van der Waals surface area contributed by atoms with Gasteiger partial charge >= 0.3 is 0 Å². The van der Waals surface area contributed by atoms with Gasteiger partial charge in [0.15, 0.2) is 0 Å². The third-order valence-electron chi connectivity index (χ3n) is 6.66. The second-order valence-corrected chi connectivity index (χ2v) is 9.83. The summed E-state index contributed by atoms with van der Waals surface area (Å²) in [5.41, 5.74) is 0. The monoisotopic (exact) mass is 410 g/mol. The van der Waals surface area contributed by atoms with Crippen LogP contribution in [0.2, 0.25) is 0 Å². The van der Waals surface area contributed by atoms with E-state index >= 15 is 0 Å². The highest BCUT2D eigenvalue weighted by molar-refractivity contribution is 4.56. The van der Waals surface area contributed by atoms with E-state index in [1.165, 1.54) is 148 Å². The van der Waals surface area contributed by atoms with Crippen molar-refractivity contribution in [3.8, 4) is 0 Å². The van der Waals surface area contributed by atoms with Crippen molar-refractivity contribution in [3.63, 3.8) is 0 Å². The van der Waals surface area contributed by atoms with Crippen LogP contribution in [0, 0.1) is 5.92 Å². The van der Waals surface area contributed by atoms with Crippen molar-refractivity contribution in [2.45, 2.75) is 168 Å². The largest absolute Gasteiger partial charge is 0.396 e. The van der Waals surface area contributed by atoms with Crippen LogP contribution in [0.5, 0.6) is 0 Å². The average molecular weight is 411 g/mol. The smallest absolute Gasteiger partial charge is 0.0431 e. The molecule has 1 nitrogen and oxygen atoms in total. The predicted molar refractivity (Wildman–Crippen MR) is 133 cm³/mol. The highest BCUT2D eigenvalue weighted by Gasteiger charge is 2.02. The van der Waals surface area contributed by atoms with Crippen LogP contribution in [0.15, 0.2) is 0 Å². The zero-order valence-electron chi connectivity index (χ0n) is 20.7. The first-order chi connectivity index (χ1) is 14.3. The Morgan fingerprint density at radius 2 is 0.690 bits per heavy atom. The molecule has 0 aliphatic heterocycles. The minimum atomic E-state index is 0.373. The first-order valence-corrected chi connectivity index (χ1v) is 13.9. The topological polar surface area (TPSA) is 20.2 Å². The third kappa shape index (κ3) is 25.9. The molecule has 0 aromatic carbocycles. The maximum atomic E-state index is 8.76. The summed E-state index contributed by atoms with van der Waals surface area (Å²) in [6.07, 6.45) is 34.0. The van der Waals surface area contributed by atoms with Gasteiger partial charge in [-0.05, 0) is 12.3 Å². The van der Waals surface area contributed by atoms with Gasteiger partial charge in [-0.2, -0.15) is 0 Å². The van der Waals surface area contributed by atoms with E-state index in [1.807, 2.05) is 0 Å². The van der Waals surface area contributed by atoms with Gasteiger partial charge in [0.05, 0.1) is 0 Å². The van der Waals surface area contributed by atoms with Gasteiger partial charge in [-0.3, -0.25) is 0 Å². The summed E-state index contributed by atoms with van der Waals surface area (Å²) in [5.74, 6) is 0.957. The lowest BCUT2D eigenvalue weighted by Crippen LogP contribution is -1.95. The Morgan fingerprint density at radius 1 is 0.414 bits per heavy atom. The van der Waals surface area contributed by atoms with E-state index < -0.39 is 0 Å². The molecule has 0 saturated heterocycles. The van der Waals surface area contributed by atoms with Gasteiger partial charge in [-0.15, -0.1) is 0 Å². The molecule has 0 rings (SSSR count). The van der Waals surface area contributed by atoms with Gasteiger partial charge in [0, 0.05) is 6.61 Å². The summed E-state index contributed by atoms with van der Waals surface area (Å²) >= 11 is 0.